The molecule has 1 aliphatic heterocycles. The lowest BCUT2D eigenvalue weighted by Gasteiger charge is -2.36. The summed E-state index contributed by atoms with van der Waals surface area (Å²) in [6.07, 6.45) is 3.59. The average Bonchev–Trinajstić information content (AvgIpc) is 2.83. The average molecular weight is 283 g/mol. The maximum atomic E-state index is 5.47. The molecule has 1 N–H and O–H groups in total. The van der Waals surface area contributed by atoms with Gasteiger partial charge in [-0.2, -0.15) is 16.7 Å². The van der Waals surface area contributed by atoms with E-state index in [9.17, 15) is 0 Å². The molecule has 0 aromatic carbocycles. The minimum Gasteiger partial charge on any atom is -0.338 e. The van der Waals surface area contributed by atoms with Gasteiger partial charge in [-0.25, -0.2) is 0 Å². The maximum Gasteiger partial charge on any atom is 0.244 e. The number of piperidine rings is 1. The normalized spacial score (nSPS) is 24.3. The van der Waals surface area contributed by atoms with Gasteiger partial charge in [0, 0.05) is 5.25 Å². The second kappa shape index (κ2) is 6.27. The number of hydrogen-bond donors (Lipinski definition) is 1. The molecule has 0 amide bonds. The van der Waals surface area contributed by atoms with Crippen LogP contribution in [-0.4, -0.2) is 21.9 Å². The molecule has 1 saturated heterocycles. The van der Waals surface area contributed by atoms with Gasteiger partial charge in [0.05, 0.1) is 11.8 Å². The molecule has 108 valence electrons. The Morgan fingerprint density at radius 1 is 1.53 bits per heavy atom. The molecule has 4 nitrogen and oxygen atoms in total. The van der Waals surface area contributed by atoms with Gasteiger partial charge in [0.25, 0.3) is 0 Å². The summed E-state index contributed by atoms with van der Waals surface area (Å²) < 4.78 is 5.47. The van der Waals surface area contributed by atoms with Gasteiger partial charge >= 0.3 is 0 Å². The molecule has 19 heavy (non-hydrogen) atoms. The number of nitrogens with one attached hydrogen (secondary N) is 1. The molecule has 2 atom stereocenters. The highest BCUT2D eigenvalue weighted by molar-refractivity contribution is 7.99. The van der Waals surface area contributed by atoms with Crippen molar-refractivity contribution in [1.82, 2.24) is 15.5 Å². The van der Waals surface area contributed by atoms with Crippen molar-refractivity contribution in [2.75, 3.05) is 6.54 Å². The van der Waals surface area contributed by atoms with Crippen molar-refractivity contribution < 1.29 is 4.52 Å². The topological polar surface area (TPSA) is 51.0 Å². The van der Waals surface area contributed by atoms with Gasteiger partial charge in [-0.05, 0) is 31.2 Å². The monoisotopic (exact) mass is 283 g/mol. The Balaban J connectivity index is 2.00. The van der Waals surface area contributed by atoms with Crippen molar-refractivity contribution in [3.63, 3.8) is 0 Å². The minimum atomic E-state index is 0.186. The summed E-state index contributed by atoms with van der Waals surface area (Å²) in [5, 5.41) is 8.27. The van der Waals surface area contributed by atoms with Crippen molar-refractivity contribution in [1.29, 1.82) is 0 Å². The minimum absolute atomic E-state index is 0.186. The van der Waals surface area contributed by atoms with Crippen molar-refractivity contribution in [3.8, 4) is 0 Å². The van der Waals surface area contributed by atoms with E-state index in [-0.39, 0.29) is 11.5 Å². The fourth-order valence-electron chi connectivity index (χ4n) is 2.41. The Morgan fingerprint density at radius 2 is 2.32 bits per heavy atom. The molecule has 1 fully saturated rings. The lowest BCUT2D eigenvalue weighted by molar-refractivity contribution is 0.146. The van der Waals surface area contributed by atoms with Crippen LogP contribution in [0.3, 0.4) is 0 Å². The van der Waals surface area contributed by atoms with Crippen LogP contribution in [-0.2, 0) is 5.75 Å². The molecule has 0 spiro atoms. The molecule has 1 aliphatic rings. The number of aromatic nitrogens is 2. The van der Waals surface area contributed by atoms with E-state index in [1.54, 1.807) is 0 Å². The SMILES string of the molecule is CCC(C)SCc1noc(C2NCCCC2(C)C)n1. The van der Waals surface area contributed by atoms with Crippen LogP contribution in [0.25, 0.3) is 0 Å². The van der Waals surface area contributed by atoms with Gasteiger partial charge in [-0.1, -0.05) is 32.9 Å². The first-order valence-corrected chi connectivity index (χ1v) is 8.25. The maximum absolute atomic E-state index is 5.47. The predicted octanol–water partition coefficient (Wildman–Crippen LogP) is 3.55. The third-order valence-electron chi connectivity index (χ3n) is 3.93. The van der Waals surface area contributed by atoms with Crippen molar-refractivity contribution >= 4 is 11.8 Å². The Bertz CT molecular complexity index is 405. The molecule has 1 aromatic heterocycles. The van der Waals surface area contributed by atoms with Crippen LogP contribution in [0.1, 0.15) is 64.7 Å². The number of hydrogen-bond acceptors (Lipinski definition) is 5. The molecule has 2 heterocycles. The quantitative estimate of drug-likeness (QED) is 0.895. The zero-order valence-electron chi connectivity index (χ0n) is 12.4. The molecule has 5 heteroatoms. The first kappa shape index (κ1) is 14.9. The zero-order chi connectivity index (χ0) is 13.9. The van der Waals surface area contributed by atoms with Crippen molar-refractivity contribution in [2.24, 2.45) is 5.41 Å². The van der Waals surface area contributed by atoms with Crippen LogP contribution in [0.4, 0.5) is 0 Å². The molecular weight excluding hydrogens is 258 g/mol. The van der Waals surface area contributed by atoms with Gasteiger partial charge in [0.15, 0.2) is 5.82 Å². The molecule has 2 unspecified atom stereocenters. The van der Waals surface area contributed by atoms with Gasteiger partial charge in [-0.3, -0.25) is 0 Å². The van der Waals surface area contributed by atoms with Crippen LogP contribution >= 0.6 is 11.8 Å². The summed E-state index contributed by atoms with van der Waals surface area (Å²) in [6, 6.07) is 0.191. The standard InChI is InChI=1S/C14H25N3OS/c1-5-10(2)19-9-11-16-13(18-17-11)12-14(3,4)7-6-8-15-12/h10,12,15H,5-9H2,1-4H3. The zero-order valence-corrected chi connectivity index (χ0v) is 13.2. The summed E-state index contributed by atoms with van der Waals surface area (Å²) in [7, 11) is 0. The molecule has 0 radical (unpaired) electrons. The van der Waals surface area contributed by atoms with Crippen LogP contribution in [0.2, 0.25) is 0 Å². The third-order valence-corrected chi connectivity index (χ3v) is 5.26. The van der Waals surface area contributed by atoms with Crippen molar-refractivity contribution in [3.05, 3.63) is 11.7 Å². The molecular formula is C14H25N3OS. The first-order chi connectivity index (χ1) is 9.03. The largest absolute Gasteiger partial charge is 0.338 e. The number of rotatable bonds is 5. The van der Waals surface area contributed by atoms with Gasteiger partial charge in [-0.15, -0.1) is 0 Å². The summed E-state index contributed by atoms with van der Waals surface area (Å²) >= 11 is 1.88. The molecule has 0 saturated carbocycles. The lowest BCUT2D eigenvalue weighted by atomic mass is 9.77. The molecule has 0 bridgehead atoms. The first-order valence-electron chi connectivity index (χ1n) is 7.20. The van der Waals surface area contributed by atoms with Crippen LogP contribution < -0.4 is 5.32 Å². The van der Waals surface area contributed by atoms with E-state index >= 15 is 0 Å². The van der Waals surface area contributed by atoms with E-state index in [4.69, 9.17) is 4.52 Å². The van der Waals surface area contributed by atoms with E-state index in [0.29, 0.717) is 5.25 Å². The van der Waals surface area contributed by atoms with Crippen LogP contribution in [0.15, 0.2) is 4.52 Å². The summed E-state index contributed by atoms with van der Waals surface area (Å²) in [5.74, 6) is 2.42. The molecule has 1 aromatic rings. The highest BCUT2D eigenvalue weighted by atomic mass is 32.2. The highest BCUT2D eigenvalue weighted by Crippen LogP contribution is 2.39. The summed E-state index contributed by atoms with van der Waals surface area (Å²) in [5.41, 5.74) is 0.186. The second-order valence-corrected chi connectivity index (χ2v) is 7.48. The molecule has 2 rings (SSSR count). The Kier molecular flexibility index (Phi) is 4.90. The third kappa shape index (κ3) is 3.72. The Hall–Kier alpha value is -0.550. The highest BCUT2D eigenvalue weighted by Gasteiger charge is 2.36. The summed E-state index contributed by atoms with van der Waals surface area (Å²) in [6.45, 7) is 10.0. The summed E-state index contributed by atoms with van der Waals surface area (Å²) in [4.78, 5) is 4.57. The van der Waals surface area contributed by atoms with Gasteiger partial charge in [0.1, 0.15) is 0 Å². The van der Waals surface area contributed by atoms with E-state index in [1.807, 2.05) is 11.8 Å². The van der Waals surface area contributed by atoms with Crippen molar-refractivity contribution in [2.45, 2.75) is 64.0 Å². The smallest absolute Gasteiger partial charge is 0.244 e. The predicted molar refractivity (Wildman–Crippen MR) is 79.1 cm³/mol. The van der Waals surface area contributed by atoms with E-state index in [2.05, 4.69) is 43.2 Å². The fourth-order valence-corrected chi connectivity index (χ4v) is 3.20. The fraction of sp³-hybridized carbons (Fsp3) is 0.857. The number of thioether (sulfide) groups is 1. The second-order valence-electron chi connectivity index (χ2n) is 6.06. The van der Waals surface area contributed by atoms with Gasteiger partial charge < -0.3 is 9.84 Å². The Labute approximate surface area is 120 Å². The molecule has 0 aliphatic carbocycles. The lowest BCUT2D eigenvalue weighted by Crippen LogP contribution is -2.39. The number of nitrogens with zero attached hydrogens (tertiary/aromatic N) is 2. The van der Waals surface area contributed by atoms with E-state index in [0.717, 1.165) is 24.0 Å². The van der Waals surface area contributed by atoms with Crippen LogP contribution in [0, 0.1) is 5.41 Å². The van der Waals surface area contributed by atoms with Crippen LogP contribution in [0.5, 0.6) is 0 Å². The van der Waals surface area contributed by atoms with E-state index < -0.39 is 0 Å². The Morgan fingerprint density at radius 3 is 3.00 bits per heavy atom. The van der Waals surface area contributed by atoms with E-state index in [1.165, 1.54) is 19.3 Å². The van der Waals surface area contributed by atoms with Gasteiger partial charge in [0.2, 0.25) is 5.89 Å².